The molecule has 5 rings (SSSR count). The van der Waals surface area contributed by atoms with Crippen LogP contribution in [0, 0.1) is 0 Å². The van der Waals surface area contributed by atoms with Crippen LogP contribution in [0.5, 0.6) is 11.5 Å². The van der Waals surface area contributed by atoms with Crippen LogP contribution in [-0.4, -0.2) is 10.5 Å². The van der Waals surface area contributed by atoms with Crippen molar-refractivity contribution in [2.24, 2.45) is 7.05 Å². The van der Waals surface area contributed by atoms with Gasteiger partial charge in [-0.25, -0.2) is 0 Å². The molecule has 3 aromatic carbocycles. The molecule has 1 aliphatic rings. The zero-order valence-corrected chi connectivity index (χ0v) is 18.1. The van der Waals surface area contributed by atoms with Crippen LogP contribution in [-0.2, 0) is 18.4 Å². The number of carbonyl (C=O) groups is 1. The molecule has 160 valence electrons. The highest BCUT2D eigenvalue weighted by atomic mass is 35.5. The molecular formula is C26H20ClNO4. The summed E-state index contributed by atoms with van der Waals surface area (Å²) in [6.07, 6.45) is 0.112. The minimum absolute atomic E-state index is 0.112. The Hall–Kier alpha value is -3.57. The lowest BCUT2D eigenvalue weighted by Crippen LogP contribution is -2.31. The van der Waals surface area contributed by atoms with Crippen LogP contribution in [0.4, 0.5) is 0 Å². The molecule has 1 aromatic heterocycles. The summed E-state index contributed by atoms with van der Waals surface area (Å²) in [5, 5.41) is 1.41. The Morgan fingerprint density at radius 1 is 1.00 bits per heavy atom. The molecule has 0 saturated carbocycles. The number of nitrogens with zero attached hydrogens (tertiary/aromatic N) is 1. The second-order valence-corrected chi connectivity index (χ2v) is 8.21. The summed E-state index contributed by atoms with van der Waals surface area (Å²) < 4.78 is 13.0. The van der Waals surface area contributed by atoms with Crippen molar-refractivity contribution in [1.82, 2.24) is 4.57 Å². The van der Waals surface area contributed by atoms with Gasteiger partial charge in [-0.15, -0.1) is 0 Å². The normalized spacial score (nSPS) is 15.3. The van der Waals surface area contributed by atoms with E-state index in [9.17, 15) is 9.59 Å². The van der Waals surface area contributed by atoms with Gasteiger partial charge in [-0.2, -0.15) is 0 Å². The Labute approximate surface area is 189 Å². The molecule has 0 amide bonds. The second-order valence-electron chi connectivity index (χ2n) is 7.80. The number of rotatable bonds is 4. The smallest absolute Gasteiger partial charge is 0.312 e. The zero-order chi connectivity index (χ0) is 22.2. The van der Waals surface area contributed by atoms with Crippen molar-refractivity contribution in [2.45, 2.75) is 18.9 Å². The van der Waals surface area contributed by atoms with Crippen LogP contribution in [0.1, 0.15) is 29.0 Å². The van der Waals surface area contributed by atoms with Gasteiger partial charge in [0.15, 0.2) is 0 Å². The minimum Gasteiger partial charge on any atom is -0.489 e. The summed E-state index contributed by atoms with van der Waals surface area (Å²) in [5.41, 5.74) is 2.84. The van der Waals surface area contributed by atoms with Gasteiger partial charge in [0.25, 0.3) is 5.56 Å². The molecule has 5 nitrogen and oxygen atoms in total. The number of carbonyl (C=O) groups excluding carboxylic acids is 1. The van der Waals surface area contributed by atoms with Crippen molar-refractivity contribution in [3.63, 3.8) is 0 Å². The van der Waals surface area contributed by atoms with Crippen LogP contribution in [0.3, 0.4) is 0 Å². The number of hydrogen-bond donors (Lipinski definition) is 0. The summed E-state index contributed by atoms with van der Waals surface area (Å²) in [7, 11) is 1.74. The third-order valence-corrected chi connectivity index (χ3v) is 6.23. The van der Waals surface area contributed by atoms with Gasteiger partial charge < -0.3 is 14.0 Å². The molecule has 0 N–H and O–H groups in total. The zero-order valence-electron chi connectivity index (χ0n) is 17.4. The topological polar surface area (TPSA) is 57.5 Å². The molecule has 0 fully saturated rings. The fraction of sp³-hybridized carbons (Fsp3) is 0.154. The van der Waals surface area contributed by atoms with E-state index in [1.165, 1.54) is 0 Å². The number of pyridine rings is 1. The van der Waals surface area contributed by atoms with E-state index < -0.39 is 0 Å². The molecule has 0 spiro atoms. The number of hydrogen-bond acceptors (Lipinski definition) is 4. The van der Waals surface area contributed by atoms with Gasteiger partial charge >= 0.3 is 5.97 Å². The van der Waals surface area contributed by atoms with Crippen molar-refractivity contribution in [3.8, 4) is 11.5 Å². The number of halogens is 1. The number of esters is 1. The molecule has 4 aromatic rings. The Bertz CT molecular complexity index is 1390. The molecule has 2 heterocycles. The quantitative estimate of drug-likeness (QED) is 0.404. The van der Waals surface area contributed by atoms with E-state index in [4.69, 9.17) is 21.1 Å². The van der Waals surface area contributed by atoms with Crippen molar-refractivity contribution < 1.29 is 14.3 Å². The van der Waals surface area contributed by atoms with Gasteiger partial charge in [0.05, 0.1) is 17.5 Å². The molecule has 0 radical (unpaired) electrons. The van der Waals surface area contributed by atoms with E-state index in [0.717, 1.165) is 22.0 Å². The number of para-hydroxylation sites is 1. The molecular weight excluding hydrogens is 426 g/mol. The van der Waals surface area contributed by atoms with E-state index in [0.29, 0.717) is 28.7 Å². The van der Waals surface area contributed by atoms with E-state index in [2.05, 4.69) is 0 Å². The summed E-state index contributed by atoms with van der Waals surface area (Å²) in [4.78, 5) is 25.6. The number of aryl methyl sites for hydroxylation is 1. The predicted octanol–water partition coefficient (Wildman–Crippen LogP) is 5.21. The highest BCUT2D eigenvalue weighted by Gasteiger charge is 2.33. The summed E-state index contributed by atoms with van der Waals surface area (Å²) >= 11 is 6.19. The van der Waals surface area contributed by atoms with Gasteiger partial charge in [-0.3, -0.25) is 9.59 Å². The summed E-state index contributed by atoms with van der Waals surface area (Å²) in [5.74, 6) is 0.315. The molecule has 32 heavy (non-hydrogen) atoms. The Kier molecular flexibility index (Phi) is 5.19. The van der Waals surface area contributed by atoms with Gasteiger partial charge in [0.2, 0.25) is 0 Å². The fourth-order valence-corrected chi connectivity index (χ4v) is 4.38. The maximum Gasteiger partial charge on any atom is 0.312 e. The van der Waals surface area contributed by atoms with E-state index in [1.807, 2.05) is 72.8 Å². The van der Waals surface area contributed by atoms with Crippen LogP contribution in [0.15, 0.2) is 77.6 Å². The first-order chi connectivity index (χ1) is 15.5. The van der Waals surface area contributed by atoms with Crippen molar-refractivity contribution >= 4 is 28.5 Å². The van der Waals surface area contributed by atoms with Crippen LogP contribution < -0.4 is 15.0 Å². The molecule has 1 unspecified atom stereocenters. The standard InChI is InChI=1S/C26H20ClNO4/c1-28-22-9-5-3-7-19(22)25-24(26(28)30)20(14-23(29)32-25)16-10-12-18(13-11-16)31-15-17-6-2-4-8-21(17)27/h2-13,20H,14-15H2,1H3. The predicted molar refractivity (Wildman–Crippen MR) is 124 cm³/mol. The molecule has 1 aliphatic heterocycles. The van der Waals surface area contributed by atoms with Gasteiger partial charge in [-0.05, 0) is 35.9 Å². The first kappa shape index (κ1) is 20.3. The van der Waals surface area contributed by atoms with Gasteiger partial charge in [-0.1, -0.05) is 54.1 Å². The maximum absolute atomic E-state index is 13.2. The molecule has 0 aliphatic carbocycles. The summed E-state index contributed by atoms with van der Waals surface area (Å²) in [6.45, 7) is 0.351. The molecule has 6 heteroatoms. The minimum atomic E-state index is -0.382. The largest absolute Gasteiger partial charge is 0.489 e. The molecule has 0 bridgehead atoms. The highest BCUT2D eigenvalue weighted by molar-refractivity contribution is 6.31. The van der Waals surface area contributed by atoms with Crippen molar-refractivity contribution in [1.29, 1.82) is 0 Å². The SMILES string of the molecule is Cn1c(=O)c2c(c3ccccc31)OC(=O)CC2c1ccc(OCc2ccccc2Cl)cc1. The monoisotopic (exact) mass is 445 g/mol. The highest BCUT2D eigenvalue weighted by Crippen LogP contribution is 2.40. The van der Waals surface area contributed by atoms with Crippen molar-refractivity contribution in [3.05, 3.63) is 105 Å². The Balaban J connectivity index is 1.49. The number of ether oxygens (including phenoxy) is 2. The average molecular weight is 446 g/mol. The van der Waals surface area contributed by atoms with Crippen LogP contribution in [0.2, 0.25) is 5.02 Å². The number of aromatic nitrogens is 1. The van der Waals surface area contributed by atoms with E-state index in [1.54, 1.807) is 11.6 Å². The fourth-order valence-electron chi connectivity index (χ4n) is 4.19. The van der Waals surface area contributed by atoms with Crippen LogP contribution in [0.25, 0.3) is 10.9 Å². The number of fused-ring (bicyclic) bond motifs is 3. The molecule has 0 saturated heterocycles. The first-order valence-corrected chi connectivity index (χ1v) is 10.7. The lowest BCUT2D eigenvalue weighted by Gasteiger charge is -2.26. The third-order valence-electron chi connectivity index (χ3n) is 5.86. The number of benzene rings is 3. The Morgan fingerprint density at radius 2 is 1.72 bits per heavy atom. The summed E-state index contributed by atoms with van der Waals surface area (Å²) in [6, 6.07) is 22.5. The molecule has 1 atom stereocenters. The van der Waals surface area contributed by atoms with Crippen molar-refractivity contribution in [2.75, 3.05) is 0 Å². The average Bonchev–Trinajstić information content (AvgIpc) is 2.82. The van der Waals surface area contributed by atoms with E-state index >= 15 is 0 Å². The van der Waals surface area contributed by atoms with Gasteiger partial charge in [0, 0.05) is 28.9 Å². The maximum atomic E-state index is 13.2. The van der Waals surface area contributed by atoms with Crippen LogP contribution >= 0.6 is 11.6 Å². The van der Waals surface area contributed by atoms with E-state index in [-0.39, 0.29) is 23.9 Å². The lowest BCUT2D eigenvalue weighted by atomic mass is 9.86. The third kappa shape index (κ3) is 3.55. The lowest BCUT2D eigenvalue weighted by molar-refractivity contribution is -0.135. The second kappa shape index (κ2) is 8.17. The first-order valence-electron chi connectivity index (χ1n) is 10.3. The van der Waals surface area contributed by atoms with Gasteiger partial charge in [0.1, 0.15) is 18.1 Å². The Morgan fingerprint density at radius 3 is 2.50 bits per heavy atom.